The van der Waals surface area contributed by atoms with Crippen molar-refractivity contribution in [2.45, 2.75) is 19.6 Å². The van der Waals surface area contributed by atoms with E-state index >= 15 is 0 Å². The lowest BCUT2D eigenvalue weighted by molar-refractivity contribution is 0.0714. The number of aryl methyl sites for hydroxylation is 1. The maximum Gasteiger partial charge on any atom is 0.258 e. The van der Waals surface area contributed by atoms with Crippen LogP contribution in [0.25, 0.3) is 0 Å². The average Bonchev–Trinajstić information content (AvgIpc) is 3.21. The Morgan fingerprint density at radius 2 is 2.16 bits per heavy atom. The van der Waals surface area contributed by atoms with Crippen LogP contribution >= 0.6 is 11.6 Å². The van der Waals surface area contributed by atoms with Gasteiger partial charge >= 0.3 is 0 Å². The van der Waals surface area contributed by atoms with Gasteiger partial charge in [0.05, 0.1) is 24.1 Å². The molecule has 3 heterocycles. The minimum absolute atomic E-state index is 0.0725. The Morgan fingerprint density at radius 3 is 2.96 bits per heavy atom. The van der Waals surface area contributed by atoms with Gasteiger partial charge in [-0.3, -0.25) is 9.78 Å². The number of pyridine rings is 1. The SMILES string of the molecule is Cc1ccc(Cl)cc1NC1c2ncccc2C(=O)N1Cc1ccco1. The average molecular weight is 354 g/mol. The van der Waals surface area contributed by atoms with Crippen LogP contribution in [0.2, 0.25) is 5.02 Å². The van der Waals surface area contributed by atoms with Gasteiger partial charge in [-0.15, -0.1) is 0 Å². The summed E-state index contributed by atoms with van der Waals surface area (Å²) in [5, 5.41) is 4.05. The molecule has 25 heavy (non-hydrogen) atoms. The van der Waals surface area contributed by atoms with Crippen molar-refractivity contribution >= 4 is 23.2 Å². The first-order chi connectivity index (χ1) is 12.1. The van der Waals surface area contributed by atoms with Crippen molar-refractivity contribution in [3.63, 3.8) is 0 Å². The van der Waals surface area contributed by atoms with Gasteiger partial charge in [0.15, 0.2) is 0 Å². The number of fused-ring (bicyclic) bond motifs is 1. The van der Waals surface area contributed by atoms with Crippen LogP contribution in [0, 0.1) is 6.92 Å². The molecule has 3 aromatic rings. The number of rotatable bonds is 4. The minimum atomic E-state index is -0.383. The van der Waals surface area contributed by atoms with Crippen LogP contribution in [0.1, 0.15) is 33.5 Å². The van der Waals surface area contributed by atoms with E-state index in [0.717, 1.165) is 17.0 Å². The molecule has 1 aromatic carbocycles. The second-order valence-electron chi connectivity index (χ2n) is 5.95. The van der Waals surface area contributed by atoms with Gasteiger partial charge in [0.25, 0.3) is 5.91 Å². The standard InChI is InChI=1S/C19H16ClN3O2/c1-12-6-7-13(20)10-16(12)22-18-17-15(5-2-8-21-17)19(24)23(18)11-14-4-3-9-25-14/h2-10,18,22H,11H2,1H3. The largest absolute Gasteiger partial charge is 0.467 e. The molecule has 1 amide bonds. The molecular formula is C19H16ClN3O2. The fraction of sp³-hybridized carbons (Fsp3) is 0.158. The third-order valence-electron chi connectivity index (χ3n) is 4.30. The van der Waals surface area contributed by atoms with E-state index in [1.54, 1.807) is 29.5 Å². The van der Waals surface area contributed by atoms with Crippen molar-refractivity contribution in [1.82, 2.24) is 9.88 Å². The predicted octanol–water partition coefficient (Wildman–Crippen LogP) is 4.40. The van der Waals surface area contributed by atoms with Gasteiger partial charge in [0, 0.05) is 16.9 Å². The van der Waals surface area contributed by atoms with Crippen molar-refractivity contribution in [3.05, 3.63) is 82.5 Å². The van der Waals surface area contributed by atoms with Gasteiger partial charge in [0.1, 0.15) is 11.9 Å². The van der Waals surface area contributed by atoms with Crippen LogP contribution in [0.3, 0.4) is 0 Å². The van der Waals surface area contributed by atoms with Crippen molar-refractivity contribution in [3.8, 4) is 0 Å². The van der Waals surface area contributed by atoms with Crippen LogP contribution < -0.4 is 5.32 Å². The van der Waals surface area contributed by atoms with E-state index in [2.05, 4.69) is 10.3 Å². The molecule has 1 aliphatic rings. The Hall–Kier alpha value is -2.79. The summed E-state index contributed by atoms with van der Waals surface area (Å²) >= 11 is 6.13. The lowest BCUT2D eigenvalue weighted by Crippen LogP contribution is -2.32. The number of carbonyl (C=O) groups excluding carboxylic acids is 1. The summed E-state index contributed by atoms with van der Waals surface area (Å²) < 4.78 is 5.42. The summed E-state index contributed by atoms with van der Waals surface area (Å²) in [5.74, 6) is 0.646. The fourth-order valence-corrected chi connectivity index (χ4v) is 3.18. The smallest absolute Gasteiger partial charge is 0.258 e. The molecule has 126 valence electrons. The number of halogens is 1. The maximum absolute atomic E-state index is 12.9. The van der Waals surface area contributed by atoms with E-state index in [4.69, 9.17) is 16.0 Å². The molecule has 5 nitrogen and oxygen atoms in total. The number of furan rings is 1. The van der Waals surface area contributed by atoms with Gasteiger partial charge in [-0.1, -0.05) is 17.7 Å². The molecule has 0 fully saturated rings. The monoisotopic (exact) mass is 353 g/mol. The topological polar surface area (TPSA) is 58.4 Å². The molecule has 1 atom stereocenters. The maximum atomic E-state index is 12.9. The Morgan fingerprint density at radius 1 is 1.28 bits per heavy atom. The summed E-state index contributed by atoms with van der Waals surface area (Å²) in [5.41, 5.74) is 3.22. The van der Waals surface area contributed by atoms with Gasteiger partial charge in [0.2, 0.25) is 0 Å². The summed E-state index contributed by atoms with van der Waals surface area (Å²) in [6.45, 7) is 2.35. The Balaban J connectivity index is 1.72. The number of hydrogen-bond acceptors (Lipinski definition) is 4. The highest BCUT2D eigenvalue weighted by Gasteiger charge is 2.38. The first-order valence-electron chi connectivity index (χ1n) is 7.94. The number of amides is 1. The van der Waals surface area contributed by atoms with Gasteiger partial charge in [-0.2, -0.15) is 0 Å². The Kier molecular flexibility index (Phi) is 3.93. The molecule has 1 unspecified atom stereocenters. The van der Waals surface area contributed by atoms with Crippen LogP contribution in [-0.2, 0) is 6.54 Å². The molecule has 1 aliphatic heterocycles. The zero-order valence-electron chi connectivity index (χ0n) is 13.6. The third kappa shape index (κ3) is 2.87. The Labute approximate surface area is 150 Å². The highest BCUT2D eigenvalue weighted by atomic mass is 35.5. The Bertz CT molecular complexity index is 924. The summed E-state index contributed by atoms with van der Waals surface area (Å²) in [6, 6.07) is 12.9. The molecule has 6 heteroatoms. The molecule has 2 aromatic heterocycles. The molecule has 0 radical (unpaired) electrons. The number of hydrogen-bond donors (Lipinski definition) is 1. The first-order valence-corrected chi connectivity index (χ1v) is 8.32. The highest BCUT2D eigenvalue weighted by molar-refractivity contribution is 6.30. The van der Waals surface area contributed by atoms with Gasteiger partial charge in [-0.25, -0.2) is 0 Å². The van der Waals surface area contributed by atoms with Crippen LogP contribution in [0.5, 0.6) is 0 Å². The molecule has 4 rings (SSSR count). The van der Waals surface area contributed by atoms with Crippen molar-refractivity contribution < 1.29 is 9.21 Å². The normalized spacial score (nSPS) is 16.2. The van der Waals surface area contributed by atoms with E-state index in [0.29, 0.717) is 22.8 Å². The zero-order valence-corrected chi connectivity index (χ0v) is 14.3. The second kappa shape index (κ2) is 6.26. The minimum Gasteiger partial charge on any atom is -0.467 e. The first kappa shape index (κ1) is 15.7. The number of nitrogens with zero attached hydrogens (tertiary/aromatic N) is 2. The molecule has 0 saturated heterocycles. The van der Waals surface area contributed by atoms with Crippen LogP contribution in [-0.4, -0.2) is 15.8 Å². The molecule has 1 N–H and O–H groups in total. The number of carbonyl (C=O) groups is 1. The quantitative estimate of drug-likeness (QED) is 0.755. The van der Waals surface area contributed by atoms with Crippen LogP contribution in [0.15, 0.2) is 59.3 Å². The van der Waals surface area contributed by atoms with E-state index in [1.807, 2.05) is 37.3 Å². The molecule has 0 spiro atoms. The van der Waals surface area contributed by atoms with Crippen molar-refractivity contribution in [1.29, 1.82) is 0 Å². The predicted molar refractivity (Wildman–Crippen MR) is 95.4 cm³/mol. The fourth-order valence-electron chi connectivity index (χ4n) is 3.01. The lowest BCUT2D eigenvalue weighted by Gasteiger charge is -2.26. The summed E-state index contributed by atoms with van der Waals surface area (Å²) in [6.07, 6.45) is 2.92. The third-order valence-corrected chi connectivity index (χ3v) is 4.53. The molecule has 0 bridgehead atoms. The summed E-state index contributed by atoms with van der Waals surface area (Å²) in [7, 11) is 0. The molecular weight excluding hydrogens is 338 g/mol. The van der Waals surface area contributed by atoms with Crippen LogP contribution in [0.4, 0.5) is 5.69 Å². The van der Waals surface area contributed by atoms with E-state index in [-0.39, 0.29) is 12.1 Å². The zero-order chi connectivity index (χ0) is 17.4. The van der Waals surface area contributed by atoms with Crippen molar-refractivity contribution in [2.24, 2.45) is 0 Å². The molecule has 0 saturated carbocycles. The number of aromatic nitrogens is 1. The van der Waals surface area contributed by atoms with Crippen molar-refractivity contribution in [2.75, 3.05) is 5.32 Å². The van der Waals surface area contributed by atoms with E-state index in [1.165, 1.54) is 0 Å². The lowest BCUT2D eigenvalue weighted by atomic mass is 10.1. The van der Waals surface area contributed by atoms with Gasteiger partial charge in [-0.05, 0) is 48.9 Å². The van der Waals surface area contributed by atoms with E-state index < -0.39 is 0 Å². The summed E-state index contributed by atoms with van der Waals surface area (Å²) in [4.78, 5) is 19.0. The van der Waals surface area contributed by atoms with Gasteiger partial charge < -0.3 is 14.6 Å². The second-order valence-corrected chi connectivity index (χ2v) is 6.39. The number of anilines is 1. The molecule has 0 aliphatic carbocycles. The number of benzene rings is 1. The van der Waals surface area contributed by atoms with E-state index in [9.17, 15) is 4.79 Å². The number of nitrogens with one attached hydrogen (secondary N) is 1. The highest BCUT2D eigenvalue weighted by Crippen LogP contribution is 2.35.